The molecule has 0 amide bonds. The fraction of sp³-hybridized carbons (Fsp3) is 0.212. The third-order valence-electron chi connectivity index (χ3n) is 7.35. The van der Waals surface area contributed by atoms with Crippen molar-refractivity contribution in [2.75, 3.05) is 6.61 Å². The SMILES string of the molecule is N#Cc1ccc(COc2cc(-c3ccc(Cc4nc5ccccc5n4CC4CCCO4)cc3F)ccc2F)c(F)c1. The van der Waals surface area contributed by atoms with Gasteiger partial charge < -0.3 is 14.0 Å². The van der Waals surface area contributed by atoms with E-state index in [9.17, 15) is 8.78 Å². The molecule has 0 saturated carbocycles. The maximum Gasteiger partial charge on any atom is 0.165 e. The highest BCUT2D eigenvalue weighted by molar-refractivity contribution is 5.76. The Labute approximate surface area is 235 Å². The van der Waals surface area contributed by atoms with Gasteiger partial charge in [0, 0.05) is 24.2 Å². The van der Waals surface area contributed by atoms with E-state index in [1.54, 1.807) is 6.07 Å². The lowest BCUT2D eigenvalue weighted by Gasteiger charge is -2.15. The van der Waals surface area contributed by atoms with Crippen LogP contribution in [0.25, 0.3) is 22.2 Å². The number of hydrogen-bond acceptors (Lipinski definition) is 4. The maximum absolute atomic E-state index is 15.4. The molecule has 0 aliphatic carbocycles. The van der Waals surface area contributed by atoms with Crippen LogP contribution in [-0.4, -0.2) is 22.3 Å². The number of fused-ring (bicyclic) bond motifs is 1. The van der Waals surface area contributed by atoms with Gasteiger partial charge in [0.05, 0.1) is 35.3 Å². The molecule has 1 unspecified atom stereocenters. The quantitative estimate of drug-likeness (QED) is 0.202. The number of ether oxygens (including phenoxy) is 2. The summed E-state index contributed by atoms with van der Waals surface area (Å²) in [4.78, 5) is 4.83. The van der Waals surface area contributed by atoms with Crippen molar-refractivity contribution in [2.24, 2.45) is 0 Å². The molecule has 6 rings (SSSR count). The molecule has 41 heavy (non-hydrogen) atoms. The van der Waals surface area contributed by atoms with Gasteiger partial charge >= 0.3 is 0 Å². The van der Waals surface area contributed by atoms with Gasteiger partial charge in [-0.15, -0.1) is 0 Å². The molecule has 0 bridgehead atoms. The molecule has 0 radical (unpaired) electrons. The van der Waals surface area contributed by atoms with E-state index in [0.29, 0.717) is 18.5 Å². The highest BCUT2D eigenvalue weighted by atomic mass is 19.1. The number of para-hydroxylation sites is 2. The molecule has 2 heterocycles. The monoisotopic (exact) mass is 553 g/mol. The van der Waals surface area contributed by atoms with E-state index >= 15 is 4.39 Å². The fourth-order valence-corrected chi connectivity index (χ4v) is 5.21. The molecule has 1 aliphatic rings. The topological polar surface area (TPSA) is 60.1 Å². The summed E-state index contributed by atoms with van der Waals surface area (Å²) >= 11 is 0. The van der Waals surface area contributed by atoms with Gasteiger partial charge in [0.1, 0.15) is 24.1 Å². The van der Waals surface area contributed by atoms with Crippen LogP contribution in [0, 0.1) is 28.8 Å². The number of benzene rings is 4. The Bertz CT molecular complexity index is 1770. The number of aromatic nitrogens is 2. The molecular formula is C33H26F3N3O2. The summed E-state index contributed by atoms with van der Waals surface area (Å²) in [6.45, 7) is 1.22. The number of halogens is 3. The lowest BCUT2D eigenvalue weighted by molar-refractivity contribution is 0.0973. The number of imidazole rings is 1. The van der Waals surface area contributed by atoms with Crippen LogP contribution >= 0.6 is 0 Å². The van der Waals surface area contributed by atoms with Gasteiger partial charge in [0.25, 0.3) is 0 Å². The summed E-state index contributed by atoms with van der Waals surface area (Å²) in [5, 5.41) is 8.91. The Morgan fingerprint density at radius 1 is 0.951 bits per heavy atom. The smallest absolute Gasteiger partial charge is 0.165 e. The van der Waals surface area contributed by atoms with E-state index in [-0.39, 0.29) is 35.2 Å². The van der Waals surface area contributed by atoms with Gasteiger partial charge in [-0.25, -0.2) is 18.2 Å². The fourth-order valence-electron chi connectivity index (χ4n) is 5.21. The molecule has 1 saturated heterocycles. The van der Waals surface area contributed by atoms with Crippen molar-refractivity contribution in [3.63, 3.8) is 0 Å². The average molecular weight is 554 g/mol. The summed E-state index contributed by atoms with van der Waals surface area (Å²) in [6.07, 6.45) is 2.61. The molecule has 4 aromatic carbocycles. The average Bonchev–Trinajstić information content (AvgIpc) is 3.61. The first kappa shape index (κ1) is 26.6. The van der Waals surface area contributed by atoms with Crippen LogP contribution in [0.1, 0.15) is 35.4 Å². The predicted molar refractivity (Wildman–Crippen MR) is 149 cm³/mol. The number of rotatable bonds is 8. The number of hydrogen-bond donors (Lipinski definition) is 0. The van der Waals surface area contributed by atoms with Crippen LogP contribution < -0.4 is 4.74 Å². The van der Waals surface area contributed by atoms with Gasteiger partial charge in [-0.1, -0.05) is 36.4 Å². The van der Waals surface area contributed by atoms with Crippen molar-refractivity contribution in [1.29, 1.82) is 5.26 Å². The van der Waals surface area contributed by atoms with Crippen molar-refractivity contribution in [3.05, 3.63) is 119 Å². The Hall–Kier alpha value is -4.61. The zero-order valence-corrected chi connectivity index (χ0v) is 22.1. The lowest BCUT2D eigenvalue weighted by Crippen LogP contribution is -2.17. The Balaban J connectivity index is 1.23. The molecule has 1 aliphatic heterocycles. The van der Waals surface area contributed by atoms with Gasteiger partial charge in [-0.2, -0.15) is 5.26 Å². The van der Waals surface area contributed by atoms with Crippen LogP contribution in [0.4, 0.5) is 13.2 Å². The molecule has 0 spiro atoms. The lowest BCUT2D eigenvalue weighted by atomic mass is 10.0. The van der Waals surface area contributed by atoms with Crippen LogP contribution in [0.3, 0.4) is 0 Å². The second kappa shape index (κ2) is 11.5. The van der Waals surface area contributed by atoms with E-state index in [1.807, 2.05) is 36.4 Å². The van der Waals surface area contributed by atoms with E-state index in [4.69, 9.17) is 19.7 Å². The van der Waals surface area contributed by atoms with Crippen LogP contribution in [-0.2, 0) is 24.3 Å². The molecule has 1 atom stereocenters. The normalized spacial score (nSPS) is 14.8. The van der Waals surface area contributed by atoms with Gasteiger partial charge in [-0.05, 0) is 66.4 Å². The second-order valence-corrected chi connectivity index (χ2v) is 10.1. The molecule has 1 fully saturated rings. The minimum absolute atomic E-state index is 0.127. The Morgan fingerprint density at radius 3 is 2.61 bits per heavy atom. The van der Waals surface area contributed by atoms with Crippen molar-refractivity contribution in [1.82, 2.24) is 9.55 Å². The third kappa shape index (κ3) is 5.67. The first-order valence-corrected chi connectivity index (χ1v) is 13.4. The summed E-state index contributed by atoms with van der Waals surface area (Å²) < 4.78 is 57.7. The van der Waals surface area contributed by atoms with Crippen molar-refractivity contribution in [3.8, 4) is 22.9 Å². The van der Waals surface area contributed by atoms with Crippen molar-refractivity contribution in [2.45, 2.75) is 38.5 Å². The highest BCUT2D eigenvalue weighted by Gasteiger charge is 2.20. The second-order valence-electron chi connectivity index (χ2n) is 10.1. The van der Waals surface area contributed by atoms with Crippen LogP contribution in [0.15, 0.2) is 78.9 Å². The van der Waals surface area contributed by atoms with E-state index in [2.05, 4.69) is 4.57 Å². The predicted octanol–water partition coefficient (Wildman–Crippen LogP) is 7.34. The van der Waals surface area contributed by atoms with Gasteiger partial charge in [0.2, 0.25) is 0 Å². The molecule has 0 N–H and O–H groups in total. The zero-order valence-electron chi connectivity index (χ0n) is 22.1. The summed E-state index contributed by atoms with van der Waals surface area (Å²) in [5.74, 6) is -1.02. The van der Waals surface area contributed by atoms with E-state index in [0.717, 1.165) is 47.9 Å². The maximum atomic E-state index is 15.4. The standard InChI is InChI=1S/C33H26F3N3O2/c34-27-12-10-23(17-32(27)41-20-24-9-7-22(18-37)15-28(24)35)26-11-8-21(14-29(26)36)16-33-38-30-5-1-2-6-31(30)39(33)19-25-4-3-13-40-25/h1-2,5-12,14-15,17,25H,3-4,13,16,19-20H2. The highest BCUT2D eigenvalue weighted by Crippen LogP contribution is 2.31. The van der Waals surface area contributed by atoms with Crippen LogP contribution in [0.2, 0.25) is 0 Å². The summed E-state index contributed by atoms with van der Waals surface area (Å²) in [7, 11) is 0. The molecule has 5 nitrogen and oxygen atoms in total. The minimum Gasteiger partial charge on any atom is -0.486 e. The zero-order chi connectivity index (χ0) is 28.3. The van der Waals surface area contributed by atoms with Crippen molar-refractivity contribution >= 4 is 11.0 Å². The first-order valence-electron chi connectivity index (χ1n) is 13.4. The molecule has 206 valence electrons. The largest absolute Gasteiger partial charge is 0.486 e. The molecular weight excluding hydrogens is 527 g/mol. The molecule has 5 aromatic rings. The van der Waals surface area contributed by atoms with Gasteiger partial charge in [-0.3, -0.25) is 0 Å². The Kier molecular flexibility index (Phi) is 7.45. The number of nitriles is 1. The van der Waals surface area contributed by atoms with Gasteiger partial charge in [0.15, 0.2) is 11.6 Å². The first-order chi connectivity index (χ1) is 20.0. The Morgan fingerprint density at radius 2 is 1.83 bits per heavy atom. The third-order valence-corrected chi connectivity index (χ3v) is 7.35. The van der Waals surface area contributed by atoms with Crippen molar-refractivity contribution < 1.29 is 22.6 Å². The summed E-state index contributed by atoms with van der Waals surface area (Å²) in [5.41, 5.74) is 3.73. The van der Waals surface area contributed by atoms with Crippen LogP contribution in [0.5, 0.6) is 5.75 Å². The van der Waals surface area contributed by atoms with E-state index < -0.39 is 17.5 Å². The molecule has 1 aromatic heterocycles. The molecule has 8 heteroatoms. The number of nitrogens with zero attached hydrogens (tertiary/aromatic N) is 3. The minimum atomic E-state index is -0.648. The summed E-state index contributed by atoms with van der Waals surface area (Å²) in [6, 6.07) is 22.8. The van der Waals surface area contributed by atoms with E-state index in [1.165, 1.54) is 36.4 Å².